The second kappa shape index (κ2) is 16.0. The van der Waals surface area contributed by atoms with Crippen LogP contribution in [-0.4, -0.2) is 52.4 Å². The lowest BCUT2D eigenvalue weighted by Gasteiger charge is -2.40. The Balaban J connectivity index is 2.26. The predicted octanol–water partition coefficient (Wildman–Crippen LogP) is 4.83. The van der Waals surface area contributed by atoms with E-state index >= 15 is 0 Å². The molecule has 2 aromatic carbocycles. The highest BCUT2D eigenvalue weighted by atomic mass is 79.9. The molecule has 1 N–H and O–H groups in total. The van der Waals surface area contributed by atoms with Gasteiger partial charge in [0.1, 0.15) is 6.10 Å². The molecule has 0 saturated heterocycles. The van der Waals surface area contributed by atoms with Crippen molar-refractivity contribution in [3.8, 4) is 0 Å². The second-order valence-electron chi connectivity index (χ2n) is 8.88. The van der Waals surface area contributed by atoms with Crippen molar-refractivity contribution in [2.75, 3.05) is 6.61 Å². The molecule has 0 radical (unpaired) electrons. The number of rotatable bonds is 16. The summed E-state index contributed by atoms with van der Waals surface area (Å²) in [5, 5.41) is 8.86. The quantitative estimate of drug-likeness (QED) is 0.116. The Morgan fingerprint density at radius 1 is 0.825 bits per heavy atom. The highest BCUT2D eigenvalue weighted by molar-refractivity contribution is 9.09. The summed E-state index contributed by atoms with van der Waals surface area (Å²) in [5.74, 6) is -2.33. The average Bonchev–Trinajstić information content (AvgIpc) is 2.89. The fourth-order valence-corrected chi connectivity index (χ4v) is 5.15. The number of phosphoric acid groups is 1. The Labute approximate surface area is 241 Å². The van der Waals surface area contributed by atoms with Crippen molar-refractivity contribution in [2.24, 2.45) is 0 Å². The van der Waals surface area contributed by atoms with Gasteiger partial charge in [0.15, 0.2) is 16.7 Å². The molecule has 0 aromatic heterocycles. The maximum Gasteiger partial charge on any atom is 0.475 e. The molecule has 0 spiro atoms. The van der Waals surface area contributed by atoms with Gasteiger partial charge in [0, 0.05) is 27.2 Å². The molecule has 0 fully saturated rings. The van der Waals surface area contributed by atoms with E-state index in [1.54, 1.807) is 48.5 Å². The van der Waals surface area contributed by atoms with Gasteiger partial charge in [-0.15, -0.1) is 0 Å². The Hall–Kier alpha value is -2.60. The third-order valence-electron chi connectivity index (χ3n) is 5.47. The monoisotopic (exact) mass is 644 g/mol. The van der Waals surface area contributed by atoms with Crippen molar-refractivity contribution in [1.82, 2.24) is 0 Å². The van der Waals surface area contributed by atoms with Crippen molar-refractivity contribution in [2.45, 2.75) is 70.2 Å². The van der Waals surface area contributed by atoms with Crippen LogP contribution in [0.4, 0.5) is 0 Å². The first-order valence-corrected chi connectivity index (χ1v) is 14.7. The molecule has 0 saturated carbocycles. The SMILES string of the molecule is CC(=O)OC([C@@H](CCOP(=O)(OCc1ccccc1)OCc1ccccc1)OC(C)=O)C(C)(OC(C)=O)[C@H](O)Br. The van der Waals surface area contributed by atoms with E-state index in [-0.39, 0.29) is 26.2 Å². The normalized spacial score (nSPS) is 15.2. The minimum atomic E-state index is -4.17. The molecule has 4 atom stereocenters. The summed E-state index contributed by atoms with van der Waals surface area (Å²) in [7, 11) is -4.17. The van der Waals surface area contributed by atoms with E-state index in [0.29, 0.717) is 0 Å². The molecule has 0 aliphatic carbocycles. The number of ether oxygens (including phenoxy) is 3. The third-order valence-corrected chi connectivity index (χ3v) is 7.76. The van der Waals surface area contributed by atoms with Crippen LogP contribution in [0.5, 0.6) is 0 Å². The summed E-state index contributed by atoms with van der Waals surface area (Å²) in [6.45, 7) is 4.14. The van der Waals surface area contributed by atoms with Gasteiger partial charge in [-0.3, -0.25) is 28.0 Å². The molecule has 11 nitrogen and oxygen atoms in total. The summed E-state index contributed by atoms with van der Waals surface area (Å²) < 4.78 is 46.4. The molecule has 2 unspecified atom stereocenters. The van der Waals surface area contributed by atoms with Crippen LogP contribution in [0.25, 0.3) is 0 Å². The summed E-state index contributed by atoms with van der Waals surface area (Å²) in [4.78, 5) is 35.7. The van der Waals surface area contributed by atoms with E-state index in [2.05, 4.69) is 15.9 Å². The third kappa shape index (κ3) is 11.1. The van der Waals surface area contributed by atoms with Crippen molar-refractivity contribution in [3.05, 3.63) is 71.8 Å². The van der Waals surface area contributed by atoms with E-state index in [9.17, 15) is 24.1 Å². The number of alkyl halides is 1. The van der Waals surface area contributed by atoms with Gasteiger partial charge in [0.05, 0.1) is 19.8 Å². The summed E-state index contributed by atoms with van der Waals surface area (Å²) in [5.41, 5.74) is -0.425. The first-order chi connectivity index (χ1) is 18.8. The molecular formula is C27H34BrO11P. The van der Waals surface area contributed by atoms with Gasteiger partial charge >= 0.3 is 25.7 Å². The molecule has 2 rings (SSSR count). The van der Waals surface area contributed by atoms with Gasteiger partial charge in [-0.05, 0) is 18.1 Å². The van der Waals surface area contributed by atoms with E-state index < -0.39 is 48.6 Å². The van der Waals surface area contributed by atoms with Crippen LogP contribution >= 0.6 is 23.8 Å². The van der Waals surface area contributed by atoms with Crippen LogP contribution in [0.3, 0.4) is 0 Å². The first-order valence-electron chi connectivity index (χ1n) is 12.3. The molecular weight excluding hydrogens is 611 g/mol. The number of carbonyl (C=O) groups is 3. The van der Waals surface area contributed by atoms with E-state index in [4.69, 9.17) is 27.8 Å². The predicted molar refractivity (Wildman–Crippen MR) is 147 cm³/mol. The molecule has 0 bridgehead atoms. The Bertz CT molecular complexity index is 1100. The van der Waals surface area contributed by atoms with Gasteiger partial charge in [-0.1, -0.05) is 76.6 Å². The van der Waals surface area contributed by atoms with Crippen LogP contribution in [0, 0.1) is 0 Å². The van der Waals surface area contributed by atoms with Crippen molar-refractivity contribution < 1.29 is 51.8 Å². The number of hydrogen-bond acceptors (Lipinski definition) is 11. The zero-order chi connectivity index (χ0) is 29.8. The fourth-order valence-electron chi connectivity index (χ4n) is 3.63. The Morgan fingerprint density at radius 2 is 1.30 bits per heavy atom. The minimum Gasteiger partial charge on any atom is -0.458 e. The molecule has 0 aliphatic heterocycles. The fraction of sp³-hybridized carbons (Fsp3) is 0.444. The van der Waals surface area contributed by atoms with Gasteiger partial charge in [0.25, 0.3) is 0 Å². The van der Waals surface area contributed by atoms with Crippen LogP contribution in [0.2, 0.25) is 0 Å². The molecule has 40 heavy (non-hydrogen) atoms. The number of esters is 3. The first kappa shape index (κ1) is 33.6. The number of aliphatic hydroxyl groups is 1. The molecule has 0 aliphatic rings. The molecule has 0 heterocycles. The Morgan fingerprint density at radius 3 is 1.70 bits per heavy atom. The number of phosphoric ester groups is 1. The molecule has 13 heteroatoms. The van der Waals surface area contributed by atoms with Gasteiger partial charge in [-0.2, -0.15) is 0 Å². The van der Waals surface area contributed by atoms with E-state index in [1.807, 2.05) is 12.1 Å². The molecule has 2 aromatic rings. The van der Waals surface area contributed by atoms with Gasteiger partial charge in [-0.25, -0.2) is 4.57 Å². The van der Waals surface area contributed by atoms with Crippen molar-refractivity contribution in [1.29, 1.82) is 0 Å². The summed E-state index contributed by atoms with van der Waals surface area (Å²) in [6, 6.07) is 18.0. The van der Waals surface area contributed by atoms with Crippen molar-refractivity contribution in [3.63, 3.8) is 0 Å². The highest BCUT2D eigenvalue weighted by Crippen LogP contribution is 2.51. The lowest BCUT2D eigenvalue weighted by Crippen LogP contribution is -2.58. The number of aliphatic hydroxyl groups excluding tert-OH is 1. The van der Waals surface area contributed by atoms with Crippen molar-refractivity contribution >= 4 is 41.7 Å². The summed E-state index contributed by atoms with van der Waals surface area (Å²) in [6.07, 6.45) is -2.98. The van der Waals surface area contributed by atoms with Gasteiger partial charge in [0.2, 0.25) is 0 Å². The zero-order valence-corrected chi connectivity index (χ0v) is 25.2. The maximum atomic E-state index is 13.6. The number of benzene rings is 2. The van der Waals surface area contributed by atoms with Crippen LogP contribution in [0.15, 0.2) is 60.7 Å². The topological polar surface area (TPSA) is 144 Å². The standard InChI is InChI=1S/C27H34BrO11P/c1-19(29)37-24(25(38-20(2)30)27(4,26(28)32)39-21(3)31)15-16-34-40(33,35-17-22-11-7-5-8-12-22)36-18-23-13-9-6-10-14-23/h5-14,24-26,32H,15-18H2,1-4H3/t24-,25?,26+,27?/m1/s1. The van der Waals surface area contributed by atoms with Crippen LogP contribution in [0.1, 0.15) is 45.2 Å². The molecule has 0 amide bonds. The molecule has 220 valence electrons. The number of carbonyl (C=O) groups excluding carboxylic acids is 3. The van der Waals surface area contributed by atoms with Gasteiger partial charge < -0.3 is 19.3 Å². The number of halogens is 1. The van der Waals surface area contributed by atoms with E-state index in [0.717, 1.165) is 31.9 Å². The second-order valence-corrected chi connectivity index (χ2v) is 11.4. The van der Waals surface area contributed by atoms with E-state index in [1.165, 1.54) is 6.92 Å². The number of hydrogen-bond donors (Lipinski definition) is 1. The average molecular weight is 645 g/mol. The lowest BCUT2D eigenvalue weighted by atomic mass is 9.93. The lowest BCUT2D eigenvalue weighted by molar-refractivity contribution is -0.210. The summed E-state index contributed by atoms with van der Waals surface area (Å²) >= 11 is 2.97. The maximum absolute atomic E-state index is 13.6. The van der Waals surface area contributed by atoms with Crippen LogP contribution in [-0.2, 0) is 59.9 Å². The largest absolute Gasteiger partial charge is 0.475 e. The highest BCUT2D eigenvalue weighted by Gasteiger charge is 2.51. The van der Waals surface area contributed by atoms with Crippen LogP contribution < -0.4 is 0 Å². The zero-order valence-electron chi connectivity index (χ0n) is 22.7. The smallest absolute Gasteiger partial charge is 0.458 e. The Kier molecular flexibility index (Phi) is 13.4. The minimum absolute atomic E-state index is 0.0728.